The molecule has 9 heteroatoms. The average molecular weight is 596 g/mol. The summed E-state index contributed by atoms with van der Waals surface area (Å²) in [5.74, 6) is 2.42. The first-order chi connectivity index (χ1) is 15.8. The molecule has 1 aromatic carbocycles. The van der Waals surface area contributed by atoms with Crippen molar-refractivity contribution in [1.82, 2.24) is 4.90 Å². The van der Waals surface area contributed by atoms with Crippen LogP contribution in [0.15, 0.2) is 12.1 Å². The lowest BCUT2D eigenvalue weighted by molar-refractivity contribution is -0.107. The molecule has 3 rings (SSSR count). The van der Waals surface area contributed by atoms with Crippen molar-refractivity contribution in [1.29, 1.82) is 0 Å². The summed E-state index contributed by atoms with van der Waals surface area (Å²) < 4.78 is 25.7. The van der Waals surface area contributed by atoms with Crippen LogP contribution in [0.2, 0.25) is 18.1 Å². The first-order valence-electron chi connectivity index (χ1n) is 13.2. The second kappa shape index (κ2) is 14.5. The summed E-state index contributed by atoms with van der Waals surface area (Å²) >= 11 is 0. The highest BCUT2D eigenvalue weighted by atomic mass is 32.1. The number of ether oxygens (including phenoxy) is 1. The highest BCUT2D eigenvalue weighted by Crippen LogP contribution is 2.49. The number of nitrogens with zero attached hydrogens (tertiary/aromatic N) is 1. The van der Waals surface area contributed by atoms with Gasteiger partial charge < -0.3 is 14.3 Å². The number of aliphatic hydroxyl groups is 1. The Kier molecular flexibility index (Phi) is 14.5. The quantitative estimate of drug-likeness (QED) is 0.305. The second-order valence-corrected chi connectivity index (χ2v) is 17.3. The van der Waals surface area contributed by atoms with Gasteiger partial charge in [-0.15, -0.1) is 0 Å². The van der Waals surface area contributed by atoms with Gasteiger partial charge in [-0.2, -0.15) is 40.5 Å². The molecular formula is C28H54FNO3S3Si. The molecule has 0 unspecified atom stereocenters. The first kappa shape index (κ1) is 36.9. The first-order valence-corrected chi connectivity index (χ1v) is 16.1. The Labute approximate surface area is 247 Å². The minimum atomic E-state index is -2.05. The zero-order valence-corrected chi connectivity index (χ0v) is 28.3. The number of halogens is 1. The van der Waals surface area contributed by atoms with Crippen LogP contribution in [0.25, 0.3) is 0 Å². The van der Waals surface area contributed by atoms with E-state index < -0.39 is 13.9 Å². The maximum absolute atomic E-state index is 13.2. The van der Waals surface area contributed by atoms with Gasteiger partial charge in [0.2, 0.25) is 0 Å². The zero-order chi connectivity index (χ0) is 25.3. The molecule has 0 aromatic heterocycles. The topological polar surface area (TPSA) is 41.9 Å². The average Bonchev–Trinajstić information content (AvgIpc) is 2.75. The number of rotatable bonds is 9. The molecule has 1 saturated heterocycles. The molecule has 0 bridgehead atoms. The molecule has 218 valence electrons. The second-order valence-electron chi connectivity index (χ2n) is 12.6. The van der Waals surface area contributed by atoms with Crippen molar-refractivity contribution in [2.45, 2.75) is 103 Å². The highest BCUT2D eigenvalue weighted by Gasteiger charge is 2.47. The molecule has 4 nitrogen and oxygen atoms in total. The van der Waals surface area contributed by atoms with E-state index in [4.69, 9.17) is 9.16 Å². The van der Waals surface area contributed by atoms with E-state index in [0.717, 1.165) is 43.9 Å². The molecule has 0 amide bonds. The van der Waals surface area contributed by atoms with Crippen LogP contribution in [0.1, 0.15) is 83.9 Å². The van der Waals surface area contributed by atoms with E-state index in [0.29, 0.717) is 25.2 Å². The monoisotopic (exact) mass is 595 g/mol. The van der Waals surface area contributed by atoms with E-state index in [1.54, 1.807) is 7.11 Å². The van der Waals surface area contributed by atoms with Gasteiger partial charge >= 0.3 is 0 Å². The van der Waals surface area contributed by atoms with Crippen molar-refractivity contribution in [3.63, 3.8) is 0 Å². The summed E-state index contributed by atoms with van der Waals surface area (Å²) in [6, 6.07) is 4.48. The molecule has 37 heavy (non-hydrogen) atoms. The summed E-state index contributed by atoms with van der Waals surface area (Å²) in [6.07, 6.45) is 4.70. The lowest BCUT2D eigenvalue weighted by atomic mass is 9.70. The zero-order valence-electron chi connectivity index (χ0n) is 24.3. The molecule has 0 radical (unpaired) electrons. The Balaban J connectivity index is 0.00000432. The Morgan fingerprint density at radius 1 is 1.16 bits per heavy atom. The maximum Gasteiger partial charge on any atom is 0.250 e. The number of hydrogen-bond acceptors (Lipinski definition) is 4. The number of hydrogen-bond donors (Lipinski definition) is 1. The van der Waals surface area contributed by atoms with Crippen LogP contribution in [0.5, 0.6) is 11.5 Å². The van der Waals surface area contributed by atoms with Crippen LogP contribution in [0, 0.1) is 11.8 Å². The molecule has 0 spiro atoms. The van der Waals surface area contributed by atoms with Crippen molar-refractivity contribution < 1.29 is 18.7 Å². The third-order valence-electron chi connectivity index (χ3n) is 8.66. The summed E-state index contributed by atoms with van der Waals surface area (Å²) in [7, 11) is -0.332. The normalized spacial score (nSPS) is 23.6. The van der Waals surface area contributed by atoms with Gasteiger partial charge in [-0.25, -0.2) is 0 Å². The molecule has 1 aromatic rings. The van der Waals surface area contributed by atoms with Gasteiger partial charge in [0.05, 0.1) is 19.4 Å². The van der Waals surface area contributed by atoms with E-state index in [-0.39, 0.29) is 64.2 Å². The van der Waals surface area contributed by atoms with Gasteiger partial charge in [0.1, 0.15) is 5.75 Å². The van der Waals surface area contributed by atoms with Gasteiger partial charge in [0.15, 0.2) is 5.75 Å². The Hall–Kier alpha value is -0.0631. The van der Waals surface area contributed by atoms with Crippen LogP contribution < -0.4 is 9.16 Å². The van der Waals surface area contributed by atoms with Crippen LogP contribution in [0.4, 0.5) is 4.39 Å². The van der Waals surface area contributed by atoms with Crippen LogP contribution in [0.3, 0.4) is 0 Å². The van der Waals surface area contributed by atoms with Crippen LogP contribution in [-0.4, -0.2) is 50.8 Å². The van der Waals surface area contributed by atoms with E-state index in [1.807, 2.05) is 0 Å². The SMILES string of the molecule is COc1cc2c(cc1O[Si](C)(C)C(C)(C)C)[C@@H]1C[C@@](O)(CCC[19F])[C@@H](CCC(C)C)CN1CC2.S.S.S. The summed E-state index contributed by atoms with van der Waals surface area (Å²) in [5.41, 5.74) is 1.72. The smallest absolute Gasteiger partial charge is 0.250 e. The fraction of sp³-hybridized carbons (Fsp3) is 0.786. The van der Waals surface area contributed by atoms with Gasteiger partial charge in [0, 0.05) is 25.0 Å². The third-order valence-corrected chi connectivity index (χ3v) is 13.0. The standard InChI is InChI=1S/C28H48FNO3Si.3H2S/c1-20(2)10-11-22-19-30-15-12-21-16-25(32-6)26(33-34(7,8)27(3,4)5)17-23(21)24(30)18-28(22,31)13-9-14-29;;;/h16-17,20,22,24,31H,9-15,18-19H2,1-8H3;3*1H2/t22-,24-,28-;;;/m0.../s1/i29+0;;;. The Morgan fingerprint density at radius 2 is 1.81 bits per heavy atom. The van der Waals surface area contributed by atoms with Gasteiger partial charge in [-0.3, -0.25) is 9.29 Å². The van der Waals surface area contributed by atoms with E-state index >= 15 is 0 Å². The van der Waals surface area contributed by atoms with Crippen LogP contribution >= 0.6 is 40.5 Å². The van der Waals surface area contributed by atoms with Crippen molar-refractivity contribution in [3.8, 4) is 11.5 Å². The van der Waals surface area contributed by atoms with E-state index in [1.165, 1.54) is 11.1 Å². The predicted octanol–water partition coefficient (Wildman–Crippen LogP) is 7.25. The molecule has 3 atom stereocenters. The van der Waals surface area contributed by atoms with Gasteiger partial charge in [-0.1, -0.05) is 41.0 Å². The fourth-order valence-electron chi connectivity index (χ4n) is 5.41. The molecular weight excluding hydrogens is 542 g/mol. The summed E-state index contributed by atoms with van der Waals surface area (Å²) in [4.78, 5) is 2.56. The molecule has 2 aliphatic heterocycles. The van der Waals surface area contributed by atoms with Crippen LogP contribution in [-0.2, 0) is 6.42 Å². The molecule has 1 N–H and O–H groups in total. The molecule has 2 heterocycles. The lowest BCUT2D eigenvalue weighted by Gasteiger charge is -2.52. The van der Waals surface area contributed by atoms with Crippen molar-refractivity contribution in [2.75, 3.05) is 26.9 Å². The number of benzene rings is 1. The largest absolute Gasteiger partial charge is 0.541 e. The minimum absolute atomic E-state index is 0. The molecule has 0 saturated carbocycles. The Morgan fingerprint density at radius 3 is 2.35 bits per heavy atom. The van der Waals surface area contributed by atoms with Crippen molar-refractivity contribution in [3.05, 3.63) is 23.3 Å². The Bertz CT molecular complexity index is 853. The number of alkyl halides is 1. The number of methoxy groups -OCH3 is 1. The highest BCUT2D eigenvalue weighted by molar-refractivity contribution is 7.59. The lowest BCUT2D eigenvalue weighted by Crippen LogP contribution is -2.55. The van der Waals surface area contributed by atoms with Gasteiger partial charge in [-0.05, 0) is 79.4 Å². The third kappa shape index (κ3) is 8.46. The van der Waals surface area contributed by atoms with E-state index in [2.05, 4.69) is 64.7 Å². The van der Waals surface area contributed by atoms with E-state index in [9.17, 15) is 9.50 Å². The number of piperidine rings is 1. The van der Waals surface area contributed by atoms with Crippen molar-refractivity contribution in [2.24, 2.45) is 11.8 Å². The summed E-state index contributed by atoms with van der Waals surface area (Å²) in [5, 5.41) is 11.9. The molecule has 1 fully saturated rings. The minimum Gasteiger partial charge on any atom is -0.541 e. The molecule has 0 aliphatic carbocycles. The molecule has 2 aliphatic rings. The number of fused-ring (bicyclic) bond motifs is 3. The predicted molar refractivity (Wildman–Crippen MR) is 172 cm³/mol. The summed E-state index contributed by atoms with van der Waals surface area (Å²) in [6.45, 7) is 17.2. The fourth-order valence-corrected chi connectivity index (χ4v) is 6.43. The van der Waals surface area contributed by atoms with Gasteiger partial charge in [0.25, 0.3) is 8.32 Å². The van der Waals surface area contributed by atoms with Crippen molar-refractivity contribution >= 4 is 48.8 Å². The maximum atomic E-state index is 13.2.